The van der Waals surface area contributed by atoms with E-state index in [1.807, 2.05) is 0 Å². The molecule has 1 aromatic rings. The molecule has 0 fully saturated rings. The Labute approximate surface area is 102 Å². The van der Waals surface area contributed by atoms with Gasteiger partial charge in [-0.25, -0.2) is 4.39 Å². The van der Waals surface area contributed by atoms with Gasteiger partial charge >= 0.3 is 6.18 Å². The van der Waals surface area contributed by atoms with Crippen LogP contribution in [0.4, 0.5) is 17.6 Å². The van der Waals surface area contributed by atoms with E-state index >= 15 is 0 Å². The average molecular weight is 263 g/mol. The SMILES string of the molecule is CC(N)CCC(=O)c1ccc(C(F)(F)F)c(F)c1. The summed E-state index contributed by atoms with van der Waals surface area (Å²) in [5.41, 5.74) is 4.02. The Kier molecular flexibility index (Phi) is 4.45. The summed E-state index contributed by atoms with van der Waals surface area (Å²) in [5, 5.41) is 0. The van der Waals surface area contributed by atoms with Crippen LogP contribution in [-0.4, -0.2) is 11.8 Å². The summed E-state index contributed by atoms with van der Waals surface area (Å²) in [6, 6.07) is 1.99. The Balaban J connectivity index is 2.88. The number of halogens is 4. The third kappa shape index (κ3) is 3.80. The van der Waals surface area contributed by atoms with Crippen molar-refractivity contribution >= 4 is 5.78 Å². The van der Waals surface area contributed by atoms with Crippen molar-refractivity contribution in [2.75, 3.05) is 0 Å². The number of nitrogens with two attached hydrogens (primary N) is 1. The molecule has 0 radical (unpaired) electrons. The molecule has 1 aromatic carbocycles. The predicted octanol–water partition coefficient (Wildman–Crippen LogP) is 3.15. The maximum Gasteiger partial charge on any atom is 0.419 e. The summed E-state index contributed by atoms with van der Waals surface area (Å²) >= 11 is 0. The Morgan fingerprint density at radius 3 is 2.44 bits per heavy atom. The fraction of sp³-hybridized carbons (Fsp3) is 0.417. The van der Waals surface area contributed by atoms with Crippen LogP contribution in [0.2, 0.25) is 0 Å². The Hall–Kier alpha value is -1.43. The van der Waals surface area contributed by atoms with E-state index in [0.717, 1.165) is 6.07 Å². The van der Waals surface area contributed by atoms with Gasteiger partial charge in [-0.1, -0.05) is 6.07 Å². The average Bonchev–Trinajstić information content (AvgIpc) is 2.23. The van der Waals surface area contributed by atoms with E-state index in [1.165, 1.54) is 0 Å². The monoisotopic (exact) mass is 263 g/mol. The third-order valence-electron chi connectivity index (χ3n) is 2.42. The molecule has 0 aromatic heterocycles. The zero-order chi connectivity index (χ0) is 13.9. The summed E-state index contributed by atoms with van der Waals surface area (Å²) in [6.07, 6.45) is -4.26. The molecule has 0 saturated carbocycles. The highest BCUT2D eigenvalue weighted by atomic mass is 19.4. The first-order valence-electron chi connectivity index (χ1n) is 5.37. The summed E-state index contributed by atoms with van der Waals surface area (Å²) < 4.78 is 50.1. The molecule has 0 saturated heterocycles. The van der Waals surface area contributed by atoms with Gasteiger partial charge in [0.1, 0.15) is 5.82 Å². The quantitative estimate of drug-likeness (QED) is 0.669. The van der Waals surface area contributed by atoms with Gasteiger partial charge in [-0.3, -0.25) is 4.79 Å². The van der Waals surface area contributed by atoms with Gasteiger partial charge in [0.05, 0.1) is 5.56 Å². The largest absolute Gasteiger partial charge is 0.419 e. The van der Waals surface area contributed by atoms with Crippen molar-refractivity contribution in [3.8, 4) is 0 Å². The van der Waals surface area contributed by atoms with Gasteiger partial charge in [0, 0.05) is 18.0 Å². The van der Waals surface area contributed by atoms with Crippen molar-refractivity contribution in [2.24, 2.45) is 5.73 Å². The highest BCUT2D eigenvalue weighted by molar-refractivity contribution is 5.96. The lowest BCUT2D eigenvalue weighted by atomic mass is 10.0. The van der Waals surface area contributed by atoms with Crippen LogP contribution in [0, 0.1) is 5.82 Å². The van der Waals surface area contributed by atoms with Crippen LogP contribution < -0.4 is 5.73 Å². The first-order chi connectivity index (χ1) is 8.21. The van der Waals surface area contributed by atoms with Crippen LogP contribution in [0.1, 0.15) is 35.7 Å². The van der Waals surface area contributed by atoms with E-state index in [9.17, 15) is 22.4 Å². The van der Waals surface area contributed by atoms with Gasteiger partial charge < -0.3 is 5.73 Å². The van der Waals surface area contributed by atoms with Gasteiger partial charge in [-0.2, -0.15) is 13.2 Å². The molecule has 1 unspecified atom stereocenters. The number of alkyl halides is 3. The van der Waals surface area contributed by atoms with E-state index in [-0.39, 0.29) is 18.0 Å². The first kappa shape index (κ1) is 14.6. The Morgan fingerprint density at radius 1 is 1.39 bits per heavy atom. The molecular formula is C12H13F4NO. The smallest absolute Gasteiger partial charge is 0.328 e. The number of ketones is 1. The first-order valence-corrected chi connectivity index (χ1v) is 5.37. The molecule has 0 spiro atoms. The van der Waals surface area contributed by atoms with Crippen molar-refractivity contribution in [3.05, 3.63) is 35.1 Å². The molecule has 0 aliphatic carbocycles. The van der Waals surface area contributed by atoms with Crippen molar-refractivity contribution in [3.63, 3.8) is 0 Å². The lowest BCUT2D eigenvalue weighted by Gasteiger charge is -2.09. The van der Waals surface area contributed by atoms with Gasteiger partial charge in [0.2, 0.25) is 0 Å². The highest BCUT2D eigenvalue weighted by Gasteiger charge is 2.34. The van der Waals surface area contributed by atoms with Crippen molar-refractivity contribution in [1.82, 2.24) is 0 Å². The van der Waals surface area contributed by atoms with Gasteiger partial charge in [-0.15, -0.1) is 0 Å². The molecule has 6 heteroatoms. The van der Waals surface area contributed by atoms with Gasteiger partial charge in [0.25, 0.3) is 0 Å². The van der Waals surface area contributed by atoms with Crippen LogP contribution >= 0.6 is 0 Å². The normalized spacial score (nSPS) is 13.4. The molecule has 2 N–H and O–H groups in total. The molecule has 0 amide bonds. The van der Waals surface area contributed by atoms with Crippen molar-refractivity contribution in [2.45, 2.75) is 32.0 Å². The molecular weight excluding hydrogens is 250 g/mol. The lowest BCUT2D eigenvalue weighted by Crippen LogP contribution is -2.16. The van der Waals surface area contributed by atoms with Crippen LogP contribution in [0.25, 0.3) is 0 Å². The van der Waals surface area contributed by atoms with Crippen LogP contribution in [0.5, 0.6) is 0 Å². The Bertz CT molecular complexity index is 440. The molecule has 1 rings (SSSR count). The molecule has 2 nitrogen and oxygen atoms in total. The molecule has 18 heavy (non-hydrogen) atoms. The fourth-order valence-electron chi connectivity index (χ4n) is 1.42. The minimum Gasteiger partial charge on any atom is -0.328 e. The molecule has 0 bridgehead atoms. The third-order valence-corrected chi connectivity index (χ3v) is 2.42. The summed E-state index contributed by atoms with van der Waals surface area (Å²) in [7, 11) is 0. The van der Waals surface area contributed by atoms with Crippen molar-refractivity contribution in [1.29, 1.82) is 0 Å². The summed E-state index contributed by atoms with van der Waals surface area (Å²) in [5.74, 6) is -1.85. The standard InChI is InChI=1S/C12H13F4NO/c1-7(17)2-5-11(18)8-3-4-9(10(13)6-8)12(14,15)16/h3-4,6-7H,2,5,17H2,1H3. The van der Waals surface area contributed by atoms with E-state index in [4.69, 9.17) is 5.73 Å². The zero-order valence-electron chi connectivity index (χ0n) is 9.72. The maximum absolute atomic E-state index is 13.2. The van der Waals surface area contributed by atoms with Crippen molar-refractivity contribution < 1.29 is 22.4 Å². The second-order valence-corrected chi connectivity index (χ2v) is 4.13. The molecule has 100 valence electrons. The number of benzene rings is 1. The number of rotatable bonds is 4. The van der Waals surface area contributed by atoms with Gasteiger partial charge in [-0.05, 0) is 25.5 Å². The fourth-order valence-corrected chi connectivity index (χ4v) is 1.42. The number of carbonyl (C=O) groups is 1. The highest BCUT2D eigenvalue weighted by Crippen LogP contribution is 2.31. The molecule has 0 aliphatic rings. The second-order valence-electron chi connectivity index (χ2n) is 4.13. The zero-order valence-corrected chi connectivity index (χ0v) is 9.72. The van der Waals surface area contributed by atoms with E-state index in [0.29, 0.717) is 18.6 Å². The summed E-state index contributed by atoms with van der Waals surface area (Å²) in [4.78, 5) is 11.6. The molecule has 1 atom stereocenters. The van der Waals surface area contributed by atoms with E-state index < -0.39 is 23.3 Å². The minimum atomic E-state index is -4.75. The van der Waals surface area contributed by atoms with Crippen LogP contribution in [0.3, 0.4) is 0 Å². The maximum atomic E-state index is 13.2. The van der Waals surface area contributed by atoms with Crippen LogP contribution in [-0.2, 0) is 6.18 Å². The van der Waals surface area contributed by atoms with Gasteiger partial charge in [0.15, 0.2) is 5.78 Å². The number of hydrogen-bond acceptors (Lipinski definition) is 2. The van der Waals surface area contributed by atoms with E-state index in [1.54, 1.807) is 6.92 Å². The van der Waals surface area contributed by atoms with Crippen LogP contribution in [0.15, 0.2) is 18.2 Å². The topological polar surface area (TPSA) is 43.1 Å². The summed E-state index contributed by atoms with van der Waals surface area (Å²) in [6.45, 7) is 1.71. The number of carbonyl (C=O) groups excluding carboxylic acids is 1. The number of Topliss-reactive ketones (excluding diaryl/α,β-unsaturated/α-hetero) is 1. The van der Waals surface area contributed by atoms with E-state index in [2.05, 4.69) is 0 Å². The second kappa shape index (κ2) is 5.48. The predicted molar refractivity (Wildman–Crippen MR) is 58.6 cm³/mol. The number of hydrogen-bond donors (Lipinski definition) is 1. The Morgan fingerprint density at radius 2 is 2.00 bits per heavy atom. The molecule has 0 heterocycles. The lowest BCUT2D eigenvalue weighted by molar-refractivity contribution is -0.140. The molecule has 0 aliphatic heterocycles. The minimum absolute atomic E-state index is 0.0684.